The molecule has 4 nitrogen and oxygen atoms in total. The van der Waals surface area contributed by atoms with Gasteiger partial charge in [0.1, 0.15) is 5.82 Å². The maximum atomic E-state index is 4.57. The average Bonchev–Trinajstić information content (AvgIpc) is 2.46. The Hall–Kier alpha value is -1.81. The van der Waals surface area contributed by atoms with E-state index in [9.17, 15) is 0 Å². The Labute approximate surface area is 113 Å². The third-order valence-corrected chi connectivity index (χ3v) is 3.81. The lowest BCUT2D eigenvalue weighted by Gasteiger charge is -2.33. The molecule has 19 heavy (non-hydrogen) atoms. The van der Waals surface area contributed by atoms with Crippen molar-refractivity contribution in [1.82, 2.24) is 19.9 Å². The summed E-state index contributed by atoms with van der Waals surface area (Å²) in [6, 6.07) is 4.51. The first kappa shape index (κ1) is 12.2. The molecule has 0 saturated heterocycles. The Morgan fingerprint density at radius 3 is 3.00 bits per heavy atom. The lowest BCUT2D eigenvalue weighted by molar-refractivity contribution is 0.188. The van der Waals surface area contributed by atoms with Crippen LogP contribution in [0.4, 0.5) is 0 Å². The van der Waals surface area contributed by atoms with E-state index in [1.165, 1.54) is 16.8 Å². The van der Waals surface area contributed by atoms with Crippen LogP contribution in [-0.2, 0) is 13.0 Å². The fourth-order valence-corrected chi connectivity index (χ4v) is 2.59. The number of nitrogens with zero attached hydrogens (tertiary/aromatic N) is 4. The van der Waals surface area contributed by atoms with E-state index in [0.29, 0.717) is 6.04 Å². The van der Waals surface area contributed by atoms with Crippen molar-refractivity contribution in [3.05, 3.63) is 53.4 Å². The summed E-state index contributed by atoms with van der Waals surface area (Å²) in [5.74, 6) is 0.856. The molecule has 0 radical (unpaired) electrons. The zero-order valence-electron chi connectivity index (χ0n) is 11.4. The molecule has 4 heteroatoms. The summed E-state index contributed by atoms with van der Waals surface area (Å²) in [5.41, 5.74) is 3.73. The highest BCUT2D eigenvalue weighted by atomic mass is 15.2. The quantitative estimate of drug-likeness (QED) is 0.824. The van der Waals surface area contributed by atoms with Gasteiger partial charge in [0.05, 0.1) is 5.69 Å². The topological polar surface area (TPSA) is 41.9 Å². The van der Waals surface area contributed by atoms with Crippen LogP contribution in [0.1, 0.15) is 35.6 Å². The second-order valence-corrected chi connectivity index (χ2v) is 5.07. The minimum absolute atomic E-state index is 0.372. The molecule has 1 aliphatic heterocycles. The Morgan fingerprint density at radius 2 is 2.21 bits per heavy atom. The number of hydrogen-bond acceptors (Lipinski definition) is 4. The summed E-state index contributed by atoms with van der Waals surface area (Å²) in [4.78, 5) is 15.5. The van der Waals surface area contributed by atoms with Gasteiger partial charge in [-0.05, 0) is 37.5 Å². The molecule has 0 bridgehead atoms. The Bertz CT molecular complexity index is 568. The molecule has 0 spiro atoms. The summed E-state index contributed by atoms with van der Waals surface area (Å²) >= 11 is 0. The van der Waals surface area contributed by atoms with E-state index in [-0.39, 0.29) is 0 Å². The van der Waals surface area contributed by atoms with Gasteiger partial charge in [0.15, 0.2) is 0 Å². The van der Waals surface area contributed by atoms with Gasteiger partial charge in [0.2, 0.25) is 0 Å². The summed E-state index contributed by atoms with van der Waals surface area (Å²) in [6.45, 7) is 6.13. The van der Waals surface area contributed by atoms with Crippen LogP contribution in [0.5, 0.6) is 0 Å². The molecule has 3 heterocycles. The number of hydrogen-bond donors (Lipinski definition) is 0. The number of aryl methyl sites for hydroxylation is 1. The van der Waals surface area contributed by atoms with Crippen LogP contribution in [0, 0.1) is 6.92 Å². The third kappa shape index (κ3) is 2.49. The Balaban J connectivity index is 1.82. The van der Waals surface area contributed by atoms with E-state index in [0.717, 1.165) is 25.3 Å². The highest BCUT2D eigenvalue weighted by molar-refractivity contribution is 5.22. The van der Waals surface area contributed by atoms with Crippen LogP contribution in [0.25, 0.3) is 0 Å². The lowest BCUT2D eigenvalue weighted by Crippen LogP contribution is -2.33. The van der Waals surface area contributed by atoms with Crippen molar-refractivity contribution >= 4 is 0 Å². The van der Waals surface area contributed by atoms with Crippen LogP contribution in [0.2, 0.25) is 0 Å². The molecule has 1 atom stereocenters. The minimum Gasteiger partial charge on any atom is -0.290 e. The maximum absolute atomic E-state index is 4.57. The van der Waals surface area contributed by atoms with Gasteiger partial charge in [-0.1, -0.05) is 6.07 Å². The van der Waals surface area contributed by atoms with E-state index in [2.05, 4.69) is 32.8 Å². The largest absolute Gasteiger partial charge is 0.290 e. The van der Waals surface area contributed by atoms with Crippen molar-refractivity contribution in [2.45, 2.75) is 32.9 Å². The Kier molecular flexibility index (Phi) is 3.25. The van der Waals surface area contributed by atoms with Crippen LogP contribution >= 0.6 is 0 Å². The van der Waals surface area contributed by atoms with Crippen LogP contribution in [0.15, 0.2) is 30.7 Å². The van der Waals surface area contributed by atoms with E-state index < -0.39 is 0 Å². The highest BCUT2D eigenvalue weighted by Gasteiger charge is 2.22. The zero-order valence-corrected chi connectivity index (χ0v) is 11.4. The van der Waals surface area contributed by atoms with Crippen LogP contribution in [-0.4, -0.2) is 26.4 Å². The van der Waals surface area contributed by atoms with Gasteiger partial charge in [-0.25, -0.2) is 9.97 Å². The van der Waals surface area contributed by atoms with E-state index in [4.69, 9.17) is 0 Å². The van der Waals surface area contributed by atoms with Crippen molar-refractivity contribution < 1.29 is 0 Å². The van der Waals surface area contributed by atoms with Gasteiger partial charge in [0.25, 0.3) is 0 Å². The second-order valence-electron chi connectivity index (χ2n) is 5.07. The van der Waals surface area contributed by atoms with Crippen LogP contribution in [0.3, 0.4) is 0 Å². The summed E-state index contributed by atoms with van der Waals surface area (Å²) < 4.78 is 0. The third-order valence-electron chi connectivity index (χ3n) is 3.81. The SMILES string of the molecule is Cc1ncc2c(n1)CN([C@H](C)c1cccnc1)CC2. The van der Waals surface area contributed by atoms with E-state index in [1.54, 1.807) is 0 Å². The van der Waals surface area contributed by atoms with Gasteiger partial charge in [-0.3, -0.25) is 9.88 Å². The first-order valence-corrected chi connectivity index (χ1v) is 6.69. The highest BCUT2D eigenvalue weighted by Crippen LogP contribution is 2.25. The predicted octanol–water partition coefficient (Wildman–Crippen LogP) is 2.30. The van der Waals surface area contributed by atoms with Crippen molar-refractivity contribution in [2.24, 2.45) is 0 Å². The predicted molar refractivity (Wildman–Crippen MR) is 73.5 cm³/mol. The summed E-state index contributed by atoms with van der Waals surface area (Å²) in [7, 11) is 0. The minimum atomic E-state index is 0.372. The smallest absolute Gasteiger partial charge is 0.125 e. The molecule has 0 amide bonds. The number of pyridine rings is 1. The van der Waals surface area contributed by atoms with Gasteiger partial charge < -0.3 is 0 Å². The molecule has 0 fully saturated rings. The maximum Gasteiger partial charge on any atom is 0.125 e. The first-order chi connectivity index (χ1) is 9.24. The molecular formula is C15H18N4. The lowest BCUT2D eigenvalue weighted by atomic mass is 10.0. The standard InChI is InChI=1S/C15H18N4/c1-11(13-4-3-6-16-8-13)19-7-5-14-9-17-12(2)18-15(14)10-19/h3-4,6,8-9,11H,5,7,10H2,1-2H3/t11-/m1/s1. The zero-order chi connectivity index (χ0) is 13.2. The Morgan fingerprint density at radius 1 is 1.32 bits per heavy atom. The first-order valence-electron chi connectivity index (χ1n) is 6.69. The molecule has 98 valence electrons. The van der Waals surface area contributed by atoms with Gasteiger partial charge in [-0.15, -0.1) is 0 Å². The molecule has 1 aliphatic rings. The molecule has 2 aromatic heterocycles. The molecule has 0 aliphatic carbocycles. The fraction of sp³-hybridized carbons (Fsp3) is 0.400. The monoisotopic (exact) mass is 254 g/mol. The van der Waals surface area contributed by atoms with Gasteiger partial charge >= 0.3 is 0 Å². The molecule has 3 rings (SSSR count). The van der Waals surface area contributed by atoms with Crippen LogP contribution < -0.4 is 0 Å². The summed E-state index contributed by atoms with van der Waals surface area (Å²) in [5, 5.41) is 0. The van der Waals surface area contributed by atoms with Crippen molar-refractivity contribution in [1.29, 1.82) is 0 Å². The molecule has 2 aromatic rings. The molecule has 0 unspecified atom stereocenters. The molecular weight excluding hydrogens is 236 g/mol. The van der Waals surface area contributed by atoms with Crippen molar-refractivity contribution in [3.63, 3.8) is 0 Å². The summed E-state index contributed by atoms with van der Waals surface area (Å²) in [6.07, 6.45) is 6.77. The van der Waals surface area contributed by atoms with Crippen molar-refractivity contribution in [3.8, 4) is 0 Å². The van der Waals surface area contributed by atoms with Gasteiger partial charge in [-0.2, -0.15) is 0 Å². The molecule has 0 aromatic carbocycles. The van der Waals surface area contributed by atoms with Gasteiger partial charge in [0, 0.05) is 37.7 Å². The van der Waals surface area contributed by atoms with Crippen molar-refractivity contribution in [2.75, 3.05) is 6.54 Å². The normalized spacial score (nSPS) is 16.9. The van der Waals surface area contributed by atoms with E-state index >= 15 is 0 Å². The molecule has 0 saturated carbocycles. The fourth-order valence-electron chi connectivity index (χ4n) is 2.59. The number of fused-ring (bicyclic) bond motifs is 1. The number of rotatable bonds is 2. The average molecular weight is 254 g/mol. The number of aromatic nitrogens is 3. The van der Waals surface area contributed by atoms with E-state index in [1.807, 2.05) is 31.6 Å². The second kappa shape index (κ2) is 5.05. The molecule has 0 N–H and O–H groups in total.